The number of hydrogen-bond acceptors (Lipinski definition) is 8. The number of nitrogens with one attached hydrogen (secondary N) is 2. The maximum absolute atomic E-state index is 11.4. The Bertz CT molecular complexity index is 1100. The molecule has 160 valence electrons. The van der Waals surface area contributed by atoms with Gasteiger partial charge in [-0.1, -0.05) is 11.6 Å². The number of carboxylic acid groups (broad SMARTS) is 1. The first kappa shape index (κ1) is 20.9. The highest BCUT2D eigenvalue weighted by atomic mass is 35.5. The first-order valence-corrected chi connectivity index (χ1v) is 10.4. The lowest BCUT2D eigenvalue weighted by molar-refractivity contribution is -0.131. The number of rotatable bonds is 7. The van der Waals surface area contributed by atoms with Gasteiger partial charge >= 0.3 is 5.97 Å². The number of hydrogen-bond donors (Lipinski definition) is 3. The van der Waals surface area contributed by atoms with Crippen LogP contribution in [-0.2, 0) is 4.79 Å². The normalized spacial score (nSPS) is 18.5. The fraction of sp³-hybridized carbons (Fsp3) is 0.333. The summed E-state index contributed by atoms with van der Waals surface area (Å²) >= 11 is 6.15. The molecule has 0 radical (unpaired) electrons. The fourth-order valence-electron chi connectivity index (χ4n) is 3.71. The van der Waals surface area contributed by atoms with E-state index in [1.54, 1.807) is 6.20 Å². The Morgan fingerprint density at radius 3 is 2.52 bits per heavy atom. The molecule has 1 aliphatic rings. The number of anilines is 2. The molecule has 1 aliphatic carbocycles. The lowest BCUT2D eigenvalue weighted by Gasteiger charge is -2.29. The molecule has 3 aromatic rings. The van der Waals surface area contributed by atoms with Crippen molar-refractivity contribution in [2.24, 2.45) is 5.92 Å². The molecule has 10 heteroatoms. The van der Waals surface area contributed by atoms with Crippen LogP contribution in [0, 0.1) is 5.92 Å². The minimum absolute atomic E-state index is 0.0380. The van der Waals surface area contributed by atoms with Crippen LogP contribution in [0.15, 0.2) is 36.8 Å². The Balaban J connectivity index is 1.26. The summed E-state index contributed by atoms with van der Waals surface area (Å²) in [6.45, 7) is 0.717. The van der Waals surface area contributed by atoms with E-state index in [0.29, 0.717) is 35.1 Å². The molecule has 0 unspecified atom stereocenters. The van der Waals surface area contributed by atoms with Crippen molar-refractivity contribution in [1.29, 1.82) is 0 Å². The quantitative estimate of drug-likeness (QED) is 0.287. The van der Waals surface area contributed by atoms with Crippen molar-refractivity contribution in [3.8, 4) is 0 Å². The number of Topliss-reactive ketones (excluding diaryl/α,β-unsaturated/α-hetero) is 1. The van der Waals surface area contributed by atoms with Crippen molar-refractivity contribution >= 4 is 46.0 Å². The van der Waals surface area contributed by atoms with Crippen molar-refractivity contribution in [1.82, 2.24) is 19.9 Å². The average molecular weight is 441 g/mol. The van der Waals surface area contributed by atoms with E-state index in [2.05, 4.69) is 30.6 Å². The molecule has 31 heavy (non-hydrogen) atoms. The van der Waals surface area contributed by atoms with E-state index in [-0.39, 0.29) is 5.56 Å². The van der Waals surface area contributed by atoms with Gasteiger partial charge in [0.05, 0.1) is 5.56 Å². The predicted molar refractivity (Wildman–Crippen MR) is 116 cm³/mol. The summed E-state index contributed by atoms with van der Waals surface area (Å²) in [5.74, 6) is -0.878. The number of ketones is 1. The van der Waals surface area contributed by atoms with Crippen LogP contribution in [-0.4, -0.2) is 49.4 Å². The number of halogens is 1. The Hall–Kier alpha value is -3.33. The highest BCUT2D eigenvalue weighted by Crippen LogP contribution is 2.27. The van der Waals surface area contributed by atoms with Gasteiger partial charge in [0.2, 0.25) is 5.95 Å². The molecule has 0 aliphatic heterocycles. The SMILES string of the molecule is O=C(O)C(=O)c1cnc(NC[C@H]2CC[C@H](Nc3ccc4ccnc(Cl)c4n3)CC2)nc1. The number of carboxylic acids is 1. The number of pyridine rings is 2. The topological polar surface area (TPSA) is 130 Å². The van der Waals surface area contributed by atoms with Gasteiger partial charge in [-0.25, -0.2) is 24.7 Å². The van der Waals surface area contributed by atoms with E-state index in [1.165, 1.54) is 12.4 Å². The number of carbonyl (C=O) groups excluding carboxylic acids is 1. The number of fused-ring (bicyclic) bond motifs is 1. The molecule has 3 heterocycles. The fourth-order valence-corrected chi connectivity index (χ4v) is 3.92. The summed E-state index contributed by atoms with van der Waals surface area (Å²) in [7, 11) is 0. The lowest BCUT2D eigenvalue weighted by Crippen LogP contribution is -2.29. The predicted octanol–water partition coefficient (Wildman–Crippen LogP) is 3.42. The summed E-state index contributed by atoms with van der Waals surface area (Å²) in [4.78, 5) is 38.8. The third-order valence-corrected chi connectivity index (χ3v) is 5.70. The molecule has 1 fully saturated rings. The molecule has 1 saturated carbocycles. The van der Waals surface area contributed by atoms with Crippen molar-refractivity contribution in [2.75, 3.05) is 17.2 Å². The molecular formula is C21H21ClN6O3. The number of aromatic nitrogens is 4. The van der Waals surface area contributed by atoms with E-state index in [9.17, 15) is 9.59 Å². The molecular weight excluding hydrogens is 420 g/mol. The minimum atomic E-state index is -1.52. The van der Waals surface area contributed by atoms with Crippen LogP contribution in [0.5, 0.6) is 0 Å². The van der Waals surface area contributed by atoms with Crippen molar-refractivity contribution in [2.45, 2.75) is 31.7 Å². The van der Waals surface area contributed by atoms with Crippen molar-refractivity contribution in [3.63, 3.8) is 0 Å². The summed E-state index contributed by atoms with van der Waals surface area (Å²) in [5.41, 5.74) is 0.659. The summed E-state index contributed by atoms with van der Waals surface area (Å²) < 4.78 is 0. The largest absolute Gasteiger partial charge is 0.475 e. The molecule has 0 saturated heterocycles. The standard InChI is InChI=1S/C21H21ClN6O3/c22-19-17-13(7-8-23-19)3-6-16(28-17)27-15-4-1-12(2-5-15)9-24-21-25-10-14(11-26-21)18(29)20(30)31/h3,6-8,10-12,15H,1-2,4-5,9H2,(H,27,28)(H,30,31)(H,24,25,26)/t12-,15-. The summed E-state index contributed by atoms with van der Waals surface area (Å²) in [5, 5.41) is 16.7. The van der Waals surface area contributed by atoms with Gasteiger partial charge in [0.25, 0.3) is 5.78 Å². The summed E-state index contributed by atoms with van der Waals surface area (Å²) in [6, 6.07) is 6.18. The first-order valence-electron chi connectivity index (χ1n) is 10.0. The zero-order chi connectivity index (χ0) is 21.8. The molecule has 0 amide bonds. The molecule has 0 spiro atoms. The van der Waals surface area contributed by atoms with E-state index in [0.717, 1.165) is 36.9 Å². The highest BCUT2D eigenvalue weighted by molar-refractivity contribution is 6.39. The first-order chi connectivity index (χ1) is 15.0. The van der Waals surface area contributed by atoms with Crippen LogP contribution < -0.4 is 10.6 Å². The van der Waals surface area contributed by atoms with Gasteiger partial charge < -0.3 is 15.7 Å². The lowest BCUT2D eigenvalue weighted by atomic mass is 9.86. The van der Waals surface area contributed by atoms with Gasteiger partial charge in [-0.3, -0.25) is 4.79 Å². The molecule has 3 N–H and O–H groups in total. The number of nitrogens with zero attached hydrogens (tertiary/aromatic N) is 4. The molecule has 0 bridgehead atoms. The maximum Gasteiger partial charge on any atom is 0.377 e. The van der Waals surface area contributed by atoms with Gasteiger partial charge in [0.1, 0.15) is 11.3 Å². The molecule has 4 rings (SSSR count). The Kier molecular flexibility index (Phi) is 6.22. The smallest absolute Gasteiger partial charge is 0.377 e. The van der Waals surface area contributed by atoms with Crippen molar-refractivity contribution in [3.05, 3.63) is 47.5 Å². The van der Waals surface area contributed by atoms with Crippen LogP contribution in [0.2, 0.25) is 5.15 Å². The van der Waals surface area contributed by atoms with Crippen LogP contribution in [0.1, 0.15) is 36.0 Å². The third-order valence-electron chi connectivity index (χ3n) is 5.42. The van der Waals surface area contributed by atoms with Gasteiger partial charge in [0, 0.05) is 36.6 Å². The van der Waals surface area contributed by atoms with E-state index in [4.69, 9.17) is 16.7 Å². The van der Waals surface area contributed by atoms with Gasteiger partial charge in [-0.15, -0.1) is 0 Å². The Labute approximate surface area is 183 Å². The number of aliphatic carboxylic acids is 1. The van der Waals surface area contributed by atoms with E-state index < -0.39 is 11.8 Å². The summed E-state index contributed by atoms with van der Waals surface area (Å²) in [6.07, 6.45) is 8.23. The van der Waals surface area contributed by atoms with Gasteiger partial charge in [0.15, 0.2) is 5.15 Å². The Morgan fingerprint density at radius 2 is 1.81 bits per heavy atom. The van der Waals surface area contributed by atoms with Gasteiger partial charge in [-0.05, 0) is 49.8 Å². The van der Waals surface area contributed by atoms with E-state index >= 15 is 0 Å². The molecule has 0 atom stereocenters. The van der Waals surface area contributed by atoms with Crippen LogP contribution in [0.3, 0.4) is 0 Å². The maximum atomic E-state index is 11.4. The van der Waals surface area contributed by atoms with Crippen LogP contribution in [0.25, 0.3) is 10.9 Å². The van der Waals surface area contributed by atoms with Gasteiger partial charge in [-0.2, -0.15) is 0 Å². The minimum Gasteiger partial charge on any atom is -0.475 e. The third kappa shape index (κ3) is 5.05. The molecule has 0 aromatic carbocycles. The Morgan fingerprint density at radius 1 is 1.06 bits per heavy atom. The highest BCUT2D eigenvalue weighted by Gasteiger charge is 2.22. The zero-order valence-electron chi connectivity index (χ0n) is 16.6. The monoisotopic (exact) mass is 440 g/mol. The van der Waals surface area contributed by atoms with E-state index in [1.807, 2.05) is 18.2 Å². The second kappa shape index (κ2) is 9.22. The van der Waals surface area contributed by atoms with Crippen molar-refractivity contribution < 1.29 is 14.7 Å². The number of carbonyl (C=O) groups is 2. The van der Waals surface area contributed by atoms with Crippen LogP contribution >= 0.6 is 11.6 Å². The van der Waals surface area contributed by atoms with Crippen LogP contribution in [0.4, 0.5) is 11.8 Å². The zero-order valence-corrected chi connectivity index (χ0v) is 17.3. The molecule has 3 aromatic heterocycles. The second-order valence-electron chi connectivity index (χ2n) is 7.54. The molecule has 9 nitrogen and oxygen atoms in total. The second-order valence-corrected chi connectivity index (χ2v) is 7.90. The average Bonchev–Trinajstić information content (AvgIpc) is 2.79.